The molecular formula is C18H17Cl2FN2O4S. The summed E-state index contributed by atoms with van der Waals surface area (Å²) in [6.07, 6.45) is 0.231. The molecule has 3 rings (SSSR count). The highest BCUT2D eigenvalue weighted by Crippen LogP contribution is 2.28. The predicted molar refractivity (Wildman–Crippen MR) is 105 cm³/mol. The number of amides is 1. The summed E-state index contributed by atoms with van der Waals surface area (Å²) in [4.78, 5) is 12.5. The highest BCUT2D eigenvalue weighted by atomic mass is 35.5. The number of nitrogens with one attached hydrogen (secondary N) is 1. The van der Waals surface area contributed by atoms with Crippen molar-refractivity contribution in [1.82, 2.24) is 4.31 Å². The van der Waals surface area contributed by atoms with Crippen LogP contribution in [0.15, 0.2) is 41.3 Å². The largest absolute Gasteiger partial charge is 0.393 e. The molecule has 0 unspecified atom stereocenters. The van der Waals surface area contributed by atoms with Gasteiger partial charge in [-0.1, -0.05) is 29.3 Å². The van der Waals surface area contributed by atoms with Crippen molar-refractivity contribution >= 4 is 44.8 Å². The summed E-state index contributed by atoms with van der Waals surface area (Å²) in [6, 6.07) is 8.01. The van der Waals surface area contributed by atoms with Crippen LogP contribution in [0.5, 0.6) is 0 Å². The van der Waals surface area contributed by atoms with Crippen molar-refractivity contribution < 1.29 is 22.7 Å². The lowest BCUT2D eigenvalue weighted by molar-refractivity contribution is 0.102. The molecule has 1 aliphatic rings. The molecule has 0 bridgehead atoms. The van der Waals surface area contributed by atoms with E-state index in [1.54, 1.807) is 0 Å². The number of hydrogen-bond donors (Lipinski definition) is 2. The summed E-state index contributed by atoms with van der Waals surface area (Å²) in [5.41, 5.74) is 0.286. The van der Waals surface area contributed by atoms with Gasteiger partial charge in [-0.15, -0.1) is 0 Å². The molecule has 1 fully saturated rings. The predicted octanol–water partition coefficient (Wildman–Crippen LogP) is 3.53. The van der Waals surface area contributed by atoms with Crippen LogP contribution in [0.3, 0.4) is 0 Å². The molecule has 1 aliphatic heterocycles. The molecule has 2 aromatic rings. The van der Waals surface area contributed by atoms with Crippen LogP contribution in [-0.2, 0) is 10.0 Å². The van der Waals surface area contributed by atoms with Gasteiger partial charge in [-0.25, -0.2) is 12.8 Å². The first-order chi connectivity index (χ1) is 13.2. The molecule has 2 N–H and O–H groups in total. The van der Waals surface area contributed by atoms with E-state index in [9.17, 15) is 22.7 Å². The number of anilines is 1. The van der Waals surface area contributed by atoms with E-state index in [2.05, 4.69) is 5.32 Å². The number of carbonyl (C=O) groups excluding carboxylic acids is 1. The lowest BCUT2D eigenvalue weighted by Gasteiger charge is -2.28. The molecule has 1 heterocycles. The molecule has 1 amide bonds. The van der Waals surface area contributed by atoms with Crippen LogP contribution in [-0.4, -0.2) is 42.9 Å². The number of rotatable bonds is 4. The fourth-order valence-electron chi connectivity index (χ4n) is 2.86. The molecular weight excluding hydrogens is 430 g/mol. The molecule has 0 atom stereocenters. The van der Waals surface area contributed by atoms with Crippen molar-refractivity contribution in [3.05, 3.63) is 57.8 Å². The topological polar surface area (TPSA) is 86.7 Å². The van der Waals surface area contributed by atoms with Gasteiger partial charge in [0.2, 0.25) is 10.0 Å². The van der Waals surface area contributed by atoms with Gasteiger partial charge in [0.1, 0.15) is 0 Å². The second-order valence-corrected chi connectivity index (χ2v) is 9.12. The summed E-state index contributed by atoms with van der Waals surface area (Å²) in [5, 5.41) is 11.6. The van der Waals surface area contributed by atoms with Gasteiger partial charge in [0, 0.05) is 24.3 Å². The summed E-state index contributed by atoms with van der Waals surface area (Å²) < 4.78 is 40.4. The van der Waals surface area contributed by atoms with E-state index in [4.69, 9.17) is 23.2 Å². The molecule has 0 saturated carbocycles. The number of benzene rings is 2. The smallest absolute Gasteiger partial charge is 0.255 e. The Labute approximate surface area is 171 Å². The molecule has 10 heteroatoms. The van der Waals surface area contributed by atoms with Gasteiger partial charge in [0.05, 0.1) is 21.0 Å². The third-order valence-corrected chi connectivity index (χ3v) is 6.84. The number of carbonyl (C=O) groups is 1. The minimum atomic E-state index is -3.78. The van der Waals surface area contributed by atoms with Crippen molar-refractivity contribution in [1.29, 1.82) is 0 Å². The van der Waals surface area contributed by atoms with Gasteiger partial charge in [-0.05, 0) is 43.2 Å². The second-order valence-electron chi connectivity index (χ2n) is 6.37. The highest BCUT2D eigenvalue weighted by Gasteiger charge is 2.29. The average molecular weight is 447 g/mol. The number of piperidine rings is 1. The number of halogens is 3. The fraction of sp³-hybridized carbons (Fsp3) is 0.278. The SMILES string of the molecule is O=C(Nc1cc(Cl)c(F)c(Cl)c1)c1cccc(S(=O)(=O)N2CCC(O)CC2)c1. The van der Waals surface area contributed by atoms with Crippen molar-refractivity contribution in [2.24, 2.45) is 0 Å². The Balaban J connectivity index is 1.82. The minimum absolute atomic E-state index is 0.0216. The Morgan fingerprint density at radius 1 is 1.14 bits per heavy atom. The number of sulfonamides is 1. The molecule has 0 aromatic heterocycles. The van der Waals surface area contributed by atoms with E-state index >= 15 is 0 Å². The number of nitrogens with zero attached hydrogens (tertiary/aromatic N) is 1. The Kier molecular flexibility index (Phi) is 6.26. The lowest BCUT2D eigenvalue weighted by Crippen LogP contribution is -2.40. The van der Waals surface area contributed by atoms with Gasteiger partial charge >= 0.3 is 0 Å². The quantitative estimate of drug-likeness (QED) is 0.703. The van der Waals surface area contributed by atoms with Crippen LogP contribution >= 0.6 is 23.2 Å². The molecule has 6 nitrogen and oxygen atoms in total. The van der Waals surface area contributed by atoms with E-state index in [1.807, 2.05) is 0 Å². The second kappa shape index (κ2) is 8.34. The zero-order valence-corrected chi connectivity index (χ0v) is 16.9. The molecule has 0 radical (unpaired) electrons. The first-order valence-corrected chi connectivity index (χ1v) is 10.6. The molecule has 0 aliphatic carbocycles. The van der Waals surface area contributed by atoms with Crippen molar-refractivity contribution in [2.75, 3.05) is 18.4 Å². The zero-order chi connectivity index (χ0) is 20.5. The van der Waals surface area contributed by atoms with Crippen LogP contribution in [0.1, 0.15) is 23.2 Å². The number of aliphatic hydroxyl groups is 1. The molecule has 150 valence electrons. The standard InChI is InChI=1S/C18H17Cl2FN2O4S/c19-15-9-12(10-16(20)17(15)21)22-18(25)11-2-1-3-14(8-11)28(26,27)23-6-4-13(24)5-7-23/h1-3,8-10,13,24H,4-7H2,(H,22,25). The maximum atomic E-state index is 13.5. The maximum Gasteiger partial charge on any atom is 0.255 e. The van der Waals surface area contributed by atoms with Crippen LogP contribution in [0, 0.1) is 5.82 Å². The summed E-state index contributed by atoms with van der Waals surface area (Å²) >= 11 is 11.4. The van der Waals surface area contributed by atoms with E-state index < -0.39 is 27.9 Å². The zero-order valence-electron chi connectivity index (χ0n) is 14.5. The highest BCUT2D eigenvalue weighted by molar-refractivity contribution is 7.89. The Bertz CT molecular complexity index is 985. The van der Waals surface area contributed by atoms with E-state index in [0.717, 1.165) is 0 Å². The summed E-state index contributed by atoms with van der Waals surface area (Å²) in [6.45, 7) is 0.430. The average Bonchev–Trinajstić information content (AvgIpc) is 2.66. The van der Waals surface area contributed by atoms with E-state index in [-0.39, 0.29) is 39.3 Å². The first-order valence-electron chi connectivity index (χ1n) is 8.42. The molecule has 28 heavy (non-hydrogen) atoms. The van der Waals surface area contributed by atoms with E-state index in [0.29, 0.717) is 12.8 Å². The summed E-state index contributed by atoms with van der Waals surface area (Å²) in [5.74, 6) is -1.38. The normalized spacial score (nSPS) is 16.1. The van der Waals surface area contributed by atoms with Gasteiger partial charge in [0.25, 0.3) is 5.91 Å². The third kappa shape index (κ3) is 4.47. The van der Waals surface area contributed by atoms with Crippen LogP contribution in [0.4, 0.5) is 10.1 Å². The Morgan fingerprint density at radius 2 is 1.75 bits per heavy atom. The van der Waals surface area contributed by atoms with Gasteiger partial charge in [-0.2, -0.15) is 4.31 Å². The fourth-order valence-corrected chi connectivity index (χ4v) is 4.86. The van der Waals surface area contributed by atoms with Gasteiger partial charge in [-0.3, -0.25) is 4.79 Å². The Hall–Kier alpha value is -1.71. The van der Waals surface area contributed by atoms with Crippen molar-refractivity contribution in [3.63, 3.8) is 0 Å². The molecule has 0 spiro atoms. The third-order valence-electron chi connectivity index (χ3n) is 4.40. The van der Waals surface area contributed by atoms with Gasteiger partial charge in [0.15, 0.2) is 5.82 Å². The van der Waals surface area contributed by atoms with Crippen molar-refractivity contribution in [2.45, 2.75) is 23.8 Å². The van der Waals surface area contributed by atoms with Gasteiger partial charge < -0.3 is 10.4 Å². The summed E-state index contributed by atoms with van der Waals surface area (Å²) in [7, 11) is -3.78. The maximum absolute atomic E-state index is 13.5. The van der Waals surface area contributed by atoms with E-state index in [1.165, 1.54) is 40.7 Å². The first kappa shape index (κ1) is 21.0. The van der Waals surface area contributed by atoms with Crippen LogP contribution < -0.4 is 5.32 Å². The van der Waals surface area contributed by atoms with Crippen LogP contribution in [0.25, 0.3) is 0 Å². The monoisotopic (exact) mass is 446 g/mol. The van der Waals surface area contributed by atoms with Crippen LogP contribution in [0.2, 0.25) is 10.0 Å². The number of hydrogen-bond acceptors (Lipinski definition) is 4. The minimum Gasteiger partial charge on any atom is -0.393 e. The van der Waals surface area contributed by atoms with Crippen molar-refractivity contribution in [3.8, 4) is 0 Å². The Morgan fingerprint density at radius 3 is 2.36 bits per heavy atom. The molecule has 2 aromatic carbocycles. The molecule has 1 saturated heterocycles. The number of aliphatic hydroxyl groups excluding tert-OH is 1. The lowest BCUT2D eigenvalue weighted by atomic mass is 10.1.